The van der Waals surface area contributed by atoms with Crippen LogP contribution in [-0.4, -0.2) is 32.0 Å². The lowest BCUT2D eigenvalue weighted by Gasteiger charge is -2.11. The van der Waals surface area contributed by atoms with E-state index in [2.05, 4.69) is 42.9 Å². The molecule has 4 rings (SSSR count). The quantitative estimate of drug-likeness (QED) is 0.476. The zero-order valence-corrected chi connectivity index (χ0v) is 18.8. The first-order valence-corrected chi connectivity index (χ1v) is 11.2. The van der Waals surface area contributed by atoms with E-state index in [1.54, 1.807) is 0 Å². The van der Waals surface area contributed by atoms with Crippen molar-refractivity contribution in [2.75, 3.05) is 12.3 Å². The van der Waals surface area contributed by atoms with Crippen LogP contribution in [0.5, 0.6) is 0 Å². The number of aryl methyl sites for hydroxylation is 2. The maximum Gasteiger partial charge on any atom is 0.221 e. The van der Waals surface area contributed by atoms with Gasteiger partial charge in [0.1, 0.15) is 12.5 Å². The molecule has 0 aliphatic heterocycles. The molecule has 0 fully saturated rings. The SMILES string of the molecule is CCNC(=O)CCn1c(Sc2cc3c(cc2I)CCC3F)nc2c(N)ncnc21. The van der Waals surface area contributed by atoms with Crippen LogP contribution in [0.3, 0.4) is 0 Å². The van der Waals surface area contributed by atoms with E-state index < -0.39 is 6.17 Å². The maximum absolute atomic E-state index is 14.2. The van der Waals surface area contributed by atoms with Crippen molar-refractivity contribution in [1.29, 1.82) is 0 Å². The van der Waals surface area contributed by atoms with Gasteiger partial charge >= 0.3 is 0 Å². The standard InChI is InChI=1S/C19H20FIN6OS/c1-2-23-15(28)5-6-27-18-16(17(22)24-9-25-18)26-19(27)29-14-8-11-10(7-13(14)21)3-4-12(11)20/h7-9,12H,2-6H2,1H3,(H,23,28)(H2,22,24,25). The number of amides is 1. The first kappa shape index (κ1) is 20.3. The number of nitrogens with two attached hydrogens (primary N) is 1. The topological polar surface area (TPSA) is 98.7 Å². The molecule has 3 N–H and O–H groups in total. The number of rotatable bonds is 6. The van der Waals surface area contributed by atoms with Gasteiger partial charge in [-0.25, -0.2) is 19.3 Å². The monoisotopic (exact) mass is 526 g/mol. The number of benzene rings is 1. The van der Waals surface area contributed by atoms with E-state index in [0.29, 0.717) is 48.1 Å². The van der Waals surface area contributed by atoms with Gasteiger partial charge < -0.3 is 15.6 Å². The number of hydrogen-bond acceptors (Lipinski definition) is 6. The summed E-state index contributed by atoms with van der Waals surface area (Å²) in [5, 5.41) is 3.45. The highest BCUT2D eigenvalue weighted by molar-refractivity contribution is 14.1. The second-order valence-electron chi connectivity index (χ2n) is 6.77. The number of carbonyl (C=O) groups excluding carboxylic acids is 1. The molecule has 152 valence electrons. The van der Waals surface area contributed by atoms with Crippen LogP contribution in [0.1, 0.15) is 37.1 Å². The van der Waals surface area contributed by atoms with Crippen molar-refractivity contribution in [2.45, 2.75) is 49.0 Å². The highest BCUT2D eigenvalue weighted by Gasteiger charge is 2.25. The van der Waals surface area contributed by atoms with Crippen LogP contribution in [0.2, 0.25) is 0 Å². The molecule has 1 amide bonds. The average molecular weight is 526 g/mol. The number of fused-ring (bicyclic) bond motifs is 2. The number of imidazole rings is 1. The minimum Gasteiger partial charge on any atom is -0.382 e. The summed E-state index contributed by atoms with van der Waals surface area (Å²) < 4.78 is 17.2. The normalized spacial score (nSPS) is 15.6. The Balaban J connectivity index is 1.72. The van der Waals surface area contributed by atoms with Crippen molar-refractivity contribution in [2.24, 2.45) is 0 Å². The lowest BCUT2D eigenvalue weighted by atomic mass is 10.1. The lowest BCUT2D eigenvalue weighted by molar-refractivity contribution is -0.121. The molecule has 1 unspecified atom stereocenters. The molecule has 0 saturated carbocycles. The minimum absolute atomic E-state index is 0.0419. The number of carbonyl (C=O) groups is 1. The van der Waals surface area contributed by atoms with Gasteiger partial charge in [0.15, 0.2) is 22.1 Å². The third-order valence-electron chi connectivity index (χ3n) is 4.86. The second-order valence-corrected chi connectivity index (χ2v) is 8.94. The van der Waals surface area contributed by atoms with Gasteiger partial charge in [-0.05, 0) is 65.6 Å². The Morgan fingerprint density at radius 3 is 3.07 bits per heavy atom. The predicted molar refractivity (Wildman–Crippen MR) is 118 cm³/mol. The minimum atomic E-state index is -0.917. The van der Waals surface area contributed by atoms with Crippen LogP contribution in [0.15, 0.2) is 28.5 Å². The Kier molecular flexibility index (Phi) is 5.91. The summed E-state index contributed by atoms with van der Waals surface area (Å²) in [6.45, 7) is 2.87. The fourth-order valence-corrected chi connectivity index (χ4v) is 5.27. The van der Waals surface area contributed by atoms with Crippen LogP contribution in [0.4, 0.5) is 10.2 Å². The molecule has 2 aromatic heterocycles. The van der Waals surface area contributed by atoms with Crippen molar-refractivity contribution in [3.8, 4) is 0 Å². The van der Waals surface area contributed by atoms with E-state index >= 15 is 0 Å². The first-order valence-electron chi connectivity index (χ1n) is 9.35. The molecule has 0 bridgehead atoms. The maximum atomic E-state index is 14.2. The zero-order chi connectivity index (χ0) is 20.5. The molecule has 0 spiro atoms. The number of alkyl halides is 1. The predicted octanol–water partition coefficient (Wildman–Crippen LogP) is 3.65. The Morgan fingerprint density at radius 1 is 1.45 bits per heavy atom. The molecule has 2 heterocycles. The summed E-state index contributed by atoms with van der Waals surface area (Å²) in [5.41, 5.74) is 8.92. The number of nitrogens with one attached hydrogen (secondary N) is 1. The van der Waals surface area contributed by atoms with Crippen molar-refractivity contribution in [3.05, 3.63) is 33.2 Å². The molecule has 3 aromatic rings. The number of nitrogens with zero attached hydrogens (tertiary/aromatic N) is 4. The largest absolute Gasteiger partial charge is 0.382 e. The number of anilines is 1. The fourth-order valence-electron chi connectivity index (χ4n) is 3.45. The van der Waals surface area contributed by atoms with Gasteiger partial charge in [0.25, 0.3) is 0 Å². The number of aromatic nitrogens is 4. The summed E-state index contributed by atoms with van der Waals surface area (Å²) in [6, 6.07) is 3.97. The molecule has 10 heteroatoms. The molecule has 0 saturated heterocycles. The fraction of sp³-hybridized carbons (Fsp3) is 0.368. The van der Waals surface area contributed by atoms with Crippen LogP contribution >= 0.6 is 34.4 Å². The van der Waals surface area contributed by atoms with Gasteiger partial charge in [0.2, 0.25) is 5.91 Å². The van der Waals surface area contributed by atoms with Crippen molar-refractivity contribution in [1.82, 2.24) is 24.8 Å². The van der Waals surface area contributed by atoms with E-state index in [0.717, 1.165) is 26.0 Å². The van der Waals surface area contributed by atoms with Crippen LogP contribution in [0.25, 0.3) is 11.2 Å². The molecule has 29 heavy (non-hydrogen) atoms. The third kappa shape index (κ3) is 4.04. The zero-order valence-electron chi connectivity index (χ0n) is 15.8. The molecule has 1 aliphatic carbocycles. The Hall–Kier alpha value is -1.95. The van der Waals surface area contributed by atoms with Crippen LogP contribution in [0, 0.1) is 3.57 Å². The molecule has 1 aromatic carbocycles. The number of halogens is 2. The molecule has 0 radical (unpaired) electrons. The summed E-state index contributed by atoms with van der Waals surface area (Å²) in [5.74, 6) is 0.251. The smallest absolute Gasteiger partial charge is 0.221 e. The van der Waals surface area contributed by atoms with Gasteiger partial charge in [-0.2, -0.15) is 0 Å². The van der Waals surface area contributed by atoms with Crippen LogP contribution in [-0.2, 0) is 17.8 Å². The second kappa shape index (κ2) is 8.42. The van der Waals surface area contributed by atoms with E-state index in [9.17, 15) is 9.18 Å². The molecular weight excluding hydrogens is 506 g/mol. The van der Waals surface area contributed by atoms with Gasteiger partial charge in [-0.1, -0.05) is 11.8 Å². The van der Waals surface area contributed by atoms with Gasteiger partial charge in [-0.3, -0.25) is 4.79 Å². The Bertz CT molecular complexity index is 1090. The summed E-state index contributed by atoms with van der Waals surface area (Å²) in [4.78, 5) is 25.9. The Morgan fingerprint density at radius 2 is 2.28 bits per heavy atom. The van der Waals surface area contributed by atoms with E-state index in [4.69, 9.17) is 5.73 Å². The Labute approximate surface area is 185 Å². The molecule has 1 atom stereocenters. The number of nitrogen functional groups attached to an aromatic ring is 1. The van der Waals surface area contributed by atoms with Gasteiger partial charge in [0, 0.05) is 28.0 Å². The summed E-state index contributed by atoms with van der Waals surface area (Å²) in [6.07, 6.45) is 2.08. The highest BCUT2D eigenvalue weighted by atomic mass is 127. The third-order valence-corrected chi connectivity index (χ3v) is 7.17. The van der Waals surface area contributed by atoms with E-state index in [1.165, 1.54) is 18.1 Å². The lowest BCUT2D eigenvalue weighted by Crippen LogP contribution is -2.24. The van der Waals surface area contributed by atoms with E-state index in [-0.39, 0.29) is 5.91 Å². The van der Waals surface area contributed by atoms with Crippen molar-refractivity contribution in [3.63, 3.8) is 0 Å². The number of hydrogen-bond donors (Lipinski definition) is 2. The van der Waals surface area contributed by atoms with Crippen LogP contribution < -0.4 is 11.1 Å². The summed E-state index contributed by atoms with van der Waals surface area (Å²) >= 11 is 3.70. The summed E-state index contributed by atoms with van der Waals surface area (Å²) in [7, 11) is 0. The molecule has 1 aliphatic rings. The van der Waals surface area contributed by atoms with Gasteiger partial charge in [0.05, 0.1) is 0 Å². The molecule has 7 nitrogen and oxygen atoms in total. The average Bonchev–Trinajstić information content (AvgIpc) is 3.22. The van der Waals surface area contributed by atoms with Crippen molar-refractivity contribution < 1.29 is 9.18 Å². The van der Waals surface area contributed by atoms with Gasteiger partial charge in [-0.15, -0.1) is 0 Å². The highest BCUT2D eigenvalue weighted by Crippen LogP contribution is 2.41. The molecular formula is C19H20FIN6OS. The first-order chi connectivity index (χ1) is 14.0. The van der Waals surface area contributed by atoms with Crippen molar-refractivity contribution >= 4 is 57.2 Å². The van der Waals surface area contributed by atoms with E-state index in [1.807, 2.05) is 23.6 Å².